The number of anilines is 1. The Morgan fingerprint density at radius 1 is 1.14 bits per heavy atom. The Balaban J connectivity index is 1.53. The second kappa shape index (κ2) is 6.38. The van der Waals surface area contributed by atoms with Crippen molar-refractivity contribution in [3.8, 4) is 0 Å². The van der Waals surface area contributed by atoms with Crippen LogP contribution >= 0.6 is 0 Å². The molecule has 0 aromatic heterocycles. The number of likely N-dealkylation sites (tertiary alicyclic amines) is 1. The number of piperazine rings is 1. The topological polar surface area (TPSA) is 43.9 Å². The van der Waals surface area contributed by atoms with E-state index in [0.29, 0.717) is 6.42 Å². The number of benzene rings is 1. The van der Waals surface area contributed by atoms with Gasteiger partial charge in [-0.1, -0.05) is 12.1 Å². The highest BCUT2D eigenvalue weighted by Crippen LogP contribution is 2.18. The first-order chi connectivity index (χ1) is 10.6. The van der Waals surface area contributed by atoms with Crippen LogP contribution in [0, 0.1) is 6.92 Å². The molecule has 2 aliphatic heterocycles. The number of carbonyl (C=O) groups excluding carboxylic acids is 2. The Morgan fingerprint density at radius 2 is 1.91 bits per heavy atom. The summed E-state index contributed by atoms with van der Waals surface area (Å²) in [4.78, 5) is 29.8. The van der Waals surface area contributed by atoms with Crippen LogP contribution in [-0.2, 0) is 9.59 Å². The Bertz CT molecular complexity index is 565. The fourth-order valence-electron chi connectivity index (χ4n) is 3.17. The molecule has 22 heavy (non-hydrogen) atoms. The van der Waals surface area contributed by atoms with Gasteiger partial charge >= 0.3 is 0 Å². The van der Waals surface area contributed by atoms with Gasteiger partial charge in [-0.2, -0.15) is 0 Å². The van der Waals surface area contributed by atoms with Gasteiger partial charge in [0.15, 0.2) is 0 Å². The zero-order valence-electron chi connectivity index (χ0n) is 13.1. The van der Waals surface area contributed by atoms with Crippen LogP contribution in [0.15, 0.2) is 24.3 Å². The molecule has 0 spiro atoms. The van der Waals surface area contributed by atoms with Crippen LogP contribution in [-0.4, -0.2) is 60.9 Å². The molecule has 2 heterocycles. The van der Waals surface area contributed by atoms with Crippen molar-refractivity contribution >= 4 is 17.5 Å². The number of carbonyl (C=O) groups is 2. The lowest BCUT2D eigenvalue weighted by molar-refractivity contribution is -0.138. The number of amides is 2. The molecule has 5 heteroatoms. The van der Waals surface area contributed by atoms with E-state index in [-0.39, 0.29) is 18.4 Å². The van der Waals surface area contributed by atoms with Crippen LogP contribution < -0.4 is 4.90 Å². The molecule has 0 radical (unpaired) electrons. The minimum Gasteiger partial charge on any atom is -0.368 e. The van der Waals surface area contributed by atoms with Crippen molar-refractivity contribution in [1.82, 2.24) is 9.80 Å². The normalized spacial score (nSPS) is 19.0. The predicted octanol–water partition coefficient (Wildman–Crippen LogP) is 1.27. The van der Waals surface area contributed by atoms with Crippen LogP contribution in [0.1, 0.15) is 18.4 Å². The van der Waals surface area contributed by atoms with Crippen molar-refractivity contribution in [2.24, 2.45) is 0 Å². The second-order valence-electron chi connectivity index (χ2n) is 6.13. The third-order valence-electron chi connectivity index (χ3n) is 4.50. The summed E-state index contributed by atoms with van der Waals surface area (Å²) in [5.41, 5.74) is 2.48. The van der Waals surface area contributed by atoms with Gasteiger partial charge in [0.2, 0.25) is 11.8 Å². The highest BCUT2D eigenvalue weighted by atomic mass is 16.2. The molecule has 1 aromatic carbocycles. The smallest absolute Gasteiger partial charge is 0.242 e. The van der Waals surface area contributed by atoms with Crippen LogP contribution in [0.2, 0.25) is 0 Å². The Labute approximate surface area is 131 Å². The van der Waals surface area contributed by atoms with Gasteiger partial charge in [0, 0.05) is 44.8 Å². The molecule has 0 atom stereocenters. The minimum absolute atomic E-state index is 0.0825. The fraction of sp³-hybridized carbons (Fsp3) is 0.529. The largest absolute Gasteiger partial charge is 0.368 e. The molecule has 0 bridgehead atoms. The third kappa shape index (κ3) is 3.24. The average Bonchev–Trinajstić information content (AvgIpc) is 2.92. The summed E-state index contributed by atoms with van der Waals surface area (Å²) in [6.07, 6.45) is 1.47. The van der Waals surface area contributed by atoms with E-state index in [4.69, 9.17) is 0 Å². The maximum absolute atomic E-state index is 12.3. The molecule has 0 aliphatic carbocycles. The van der Waals surface area contributed by atoms with E-state index in [1.165, 1.54) is 11.3 Å². The number of rotatable bonds is 3. The fourth-order valence-corrected chi connectivity index (χ4v) is 3.17. The predicted molar refractivity (Wildman–Crippen MR) is 85.8 cm³/mol. The maximum Gasteiger partial charge on any atom is 0.242 e. The van der Waals surface area contributed by atoms with Crippen LogP contribution in [0.25, 0.3) is 0 Å². The minimum atomic E-state index is 0.0825. The summed E-state index contributed by atoms with van der Waals surface area (Å²) in [5.74, 6) is 0.200. The van der Waals surface area contributed by atoms with E-state index in [1.807, 2.05) is 4.90 Å². The molecular formula is C17H23N3O2. The summed E-state index contributed by atoms with van der Waals surface area (Å²) in [5, 5.41) is 0. The lowest BCUT2D eigenvalue weighted by Crippen LogP contribution is -2.51. The van der Waals surface area contributed by atoms with Crippen molar-refractivity contribution in [1.29, 1.82) is 0 Å². The molecule has 118 valence electrons. The van der Waals surface area contributed by atoms with Crippen molar-refractivity contribution in [2.75, 3.05) is 44.2 Å². The van der Waals surface area contributed by atoms with Crippen molar-refractivity contribution in [3.63, 3.8) is 0 Å². The summed E-state index contributed by atoms with van der Waals surface area (Å²) >= 11 is 0. The molecule has 2 fully saturated rings. The molecule has 0 N–H and O–H groups in total. The SMILES string of the molecule is Cc1cccc(N2CCN(C(=O)CN3CCCC3=O)CC2)c1. The molecular weight excluding hydrogens is 278 g/mol. The van der Waals surface area contributed by atoms with Crippen LogP contribution in [0.5, 0.6) is 0 Å². The van der Waals surface area contributed by atoms with Crippen molar-refractivity contribution in [2.45, 2.75) is 19.8 Å². The summed E-state index contributed by atoms with van der Waals surface area (Å²) in [6, 6.07) is 8.46. The summed E-state index contributed by atoms with van der Waals surface area (Å²) in [6.45, 7) is 6.24. The maximum atomic E-state index is 12.3. The molecule has 0 unspecified atom stereocenters. The Morgan fingerprint density at radius 3 is 2.55 bits per heavy atom. The van der Waals surface area contributed by atoms with Crippen molar-refractivity contribution < 1.29 is 9.59 Å². The lowest BCUT2D eigenvalue weighted by atomic mass is 10.2. The van der Waals surface area contributed by atoms with Gasteiger partial charge in [0.25, 0.3) is 0 Å². The molecule has 2 saturated heterocycles. The van der Waals surface area contributed by atoms with Gasteiger partial charge in [-0.05, 0) is 31.0 Å². The molecule has 5 nitrogen and oxygen atoms in total. The highest BCUT2D eigenvalue weighted by Gasteiger charge is 2.26. The summed E-state index contributed by atoms with van der Waals surface area (Å²) in [7, 11) is 0. The van der Waals surface area contributed by atoms with Gasteiger partial charge < -0.3 is 14.7 Å². The highest BCUT2D eigenvalue weighted by molar-refractivity contribution is 5.86. The first kappa shape index (κ1) is 14.9. The first-order valence-corrected chi connectivity index (χ1v) is 8.00. The number of hydrogen-bond acceptors (Lipinski definition) is 3. The Kier molecular flexibility index (Phi) is 4.32. The van der Waals surface area contributed by atoms with Crippen LogP contribution in [0.4, 0.5) is 5.69 Å². The first-order valence-electron chi connectivity index (χ1n) is 8.00. The van der Waals surface area contributed by atoms with Crippen LogP contribution in [0.3, 0.4) is 0 Å². The number of hydrogen-bond donors (Lipinski definition) is 0. The van der Waals surface area contributed by atoms with E-state index in [9.17, 15) is 9.59 Å². The quantitative estimate of drug-likeness (QED) is 0.844. The van der Waals surface area contributed by atoms with E-state index in [1.54, 1.807) is 4.90 Å². The van der Waals surface area contributed by atoms with Gasteiger partial charge in [-0.25, -0.2) is 0 Å². The molecule has 1 aromatic rings. The standard InChI is InChI=1S/C17H23N3O2/c1-14-4-2-5-15(12-14)18-8-10-19(11-9-18)17(22)13-20-7-3-6-16(20)21/h2,4-5,12H,3,6-11,13H2,1H3. The second-order valence-corrected chi connectivity index (χ2v) is 6.13. The molecule has 3 rings (SSSR count). The van der Waals surface area contributed by atoms with Gasteiger partial charge in [0.1, 0.15) is 0 Å². The van der Waals surface area contributed by atoms with Gasteiger partial charge in [0.05, 0.1) is 6.54 Å². The monoisotopic (exact) mass is 301 g/mol. The average molecular weight is 301 g/mol. The molecule has 2 amide bonds. The molecule has 0 saturated carbocycles. The van der Waals surface area contributed by atoms with Gasteiger partial charge in [-0.15, -0.1) is 0 Å². The van der Waals surface area contributed by atoms with E-state index >= 15 is 0 Å². The Hall–Kier alpha value is -2.04. The van der Waals surface area contributed by atoms with E-state index in [2.05, 4.69) is 36.1 Å². The summed E-state index contributed by atoms with van der Waals surface area (Å²) < 4.78 is 0. The third-order valence-corrected chi connectivity index (χ3v) is 4.50. The number of nitrogens with zero attached hydrogens (tertiary/aromatic N) is 3. The van der Waals surface area contributed by atoms with E-state index < -0.39 is 0 Å². The molecule has 2 aliphatic rings. The number of aryl methyl sites for hydroxylation is 1. The zero-order valence-corrected chi connectivity index (χ0v) is 13.1. The lowest BCUT2D eigenvalue weighted by Gasteiger charge is -2.36. The van der Waals surface area contributed by atoms with Gasteiger partial charge in [-0.3, -0.25) is 9.59 Å². The van der Waals surface area contributed by atoms with Crippen molar-refractivity contribution in [3.05, 3.63) is 29.8 Å². The zero-order chi connectivity index (χ0) is 15.5. The van der Waals surface area contributed by atoms with E-state index in [0.717, 1.165) is 39.1 Å².